The van der Waals surface area contributed by atoms with E-state index < -0.39 is 6.10 Å². The van der Waals surface area contributed by atoms with Crippen molar-refractivity contribution >= 4 is 11.8 Å². The zero-order chi connectivity index (χ0) is 14.4. The van der Waals surface area contributed by atoms with Crippen LogP contribution in [0.3, 0.4) is 0 Å². The van der Waals surface area contributed by atoms with Crippen molar-refractivity contribution in [2.45, 2.75) is 61.2 Å². The maximum atomic E-state index is 10.8. The first-order chi connectivity index (χ1) is 9.68. The van der Waals surface area contributed by atoms with E-state index in [4.69, 9.17) is 0 Å². The van der Waals surface area contributed by atoms with E-state index in [0.29, 0.717) is 0 Å². The summed E-state index contributed by atoms with van der Waals surface area (Å²) in [5, 5.41) is 20.2. The number of hydrogen-bond acceptors (Lipinski definition) is 3. The molecule has 1 fully saturated rings. The van der Waals surface area contributed by atoms with Crippen molar-refractivity contribution in [1.29, 1.82) is 0 Å². The molecule has 3 heteroatoms. The normalized spacial score (nSPS) is 21.9. The van der Waals surface area contributed by atoms with Gasteiger partial charge in [0.1, 0.15) is 0 Å². The zero-order valence-corrected chi connectivity index (χ0v) is 13.1. The second kappa shape index (κ2) is 7.48. The lowest BCUT2D eigenvalue weighted by Gasteiger charge is -2.39. The first kappa shape index (κ1) is 15.9. The van der Waals surface area contributed by atoms with Crippen LogP contribution in [0.1, 0.15) is 45.4 Å². The molecular formula is C17H26O2S. The van der Waals surface area contributed by atoms with Gasteiger partial charge in [0.05, 0.1) is 6.10 Å². The summed E-state index contributed by atoms with van der Waals surface area (Å²) < 4.78 is -0.139. The molecule has 0 bridgehead atoms. The molecule has 0 aromatic heterocycles. The van der Waals surface area contributed by atoms with Gasteiger partial charge in [0, 0.05) is 22.2 Å². The van der Waals surface area contributed by atoms with Gasteiger partial charge in [-0.1, -0.05) is 50.8 Å². The van der Waals surface area contributed by atoms with Gasteiger partial charge in [-0.3, -0.25) is 0 Å². The summed E-state index contributed by atoms with van der Waals surface area (Å²) in [5.41, 5.74) is 0. The highest BCUT2D eigenvalue weighted by Crippen LogP contribution is 2.46. The zero-order valence-electron chi connectivity index (χ0n) is 12.3. The number of aliphatic hydroxyl groups excluding tert-OH is 2. The molecule has 1 aliphatic carbocycles. The first-order valence-corrected chi connectivity index (χ1v) is 8.52. The van der Waals surface area contributed by atoms with E-state index in [9.17, 15) is 10.2 Å². The van der Waals surface area contributed by atoms with Gasteiger partial charge < -0.3 is 10.2 Å². The Kier molecular flexibility index (Phi) is 5.94. The minimum atomic E-state index is -0.448. The number of benzene rings is 1. The van der Waals surface area contributed by atoms with Crippen LogP contribution < -0.4 is 0 Å². The van der Waals surface area contributed by atoms with Crippen LogP contribution in [-0.4, -0.2) is 27.7 Å². The fraction of sp³-hybridized carbons (Fsp3) is 0.647. The maximum absolute atomic E-state index is 10.8. The van der Waals surface area contributed by atoms with Crippen molar-refractivity contribution in [3.63, 3.8) is 0 Å². The fourth-order valence-electron chi connectivity index (χ4n) is 3.13. The highest BCUT2D eigenvalue weighted by Gasteiger charge is 2.41. The Morgan fingerprint density at radius 2 is 1.70 bits per heavy atom. The molecule has 0 amide bonds. The highest BCUT2D eigenvalue weighted by atomic mass is 32.2. The van der Waals surface area contributed by atoms with Crippen LogP contribution in [0, 0.1) is 5.92 Å². The average Bonchev–Trinajstić information content (AvgIpc) is 2.73. The highest BCUT2D eigenvalue weighted by molar-refractivity contribution is 8.00. The van der Waals surface area contributed by atoms with Gasteiger partial charge in [-0.05, 0) is 25.0 Å². The summed E-state index contributed by atoms with van der Waals surface area (Å²) in [6.45, 7) is 2.00. The van der Waals surface area contributed by atoms with Gasteiger partial charge in [0.25, 0.3) is 0 Å². The van der Waals surface area contributed by atoms with E-state index in [-0.39, 0.29) is 17.3 Å². The molecular weight excluding hydrogens is 268 g/mol. The maximum Gasteiger partial charge on any atom is 0.0737 e. The minimum Gasteiger partial charge on any atom is -0.396 e. The monoisotopic (exact) mass is 294 g/mol. The Balaban J connectivity index is 2.22. The molecule has 0 unspecified atom stereocenters. The molecule has 1 aliphatic rings. The molecule has 0 aliphatic heterocycles. The van der Waals surface area contributed by atoms with Crippen molar-refractivity contribution in [2.24, 2.45) is 5.92 Å². The van der Waals surface area contributed by atoms with Crippen LogP contribution in [0.15, 0.2) is 35.2 Å². The van der Waals surface area contributed by atoms with Crippen molar-refractivity contribution in [3.05, 3.63) is 30.3 Å². The molecule has 0 saturated heterocycles. The standard InChI is InChI=1S/C17H26O2S/c1-14(13-18)16(19)17(11-7-2-3-8-12-17)20-15-9-5-4-6-10-15/h4-6,9-10,14,16,18-19H,2-3,7-8,11-13H2,1H3/t14-,16-/m1/s1. The molecule has 0 spiro atoms. The Morgan fingerprint density at radius 3 is 2.25 bits per heavy atom. The lowest BCUT2D eigenvalue weighted by atomic mass is 9.86. The fourth-order valence-corrected chi connectivity index (χ4v) is 4.74. The van der Waals surface area contributed by atoms with Crippen LogP contribution in [0.25, 0.3) is 0 Å². The van der Waals surface area contributed by atoms with Crippen molar-refractivity contribution in [1.82, 2.24) is 0 Å². The Hall–Kier alpha value is -0.510. The quantitative estimate of drug-likeness (QED) is 0.810. The summed E-state index contributed by atoms with van der Waals surface area (Å²) in [6.07, 6.45) is 6.50. The summed E-state index contributed by atoms with van der Waals surface area (Å²) in [7, 11) is 0. The van der Waals surface area contributed by atoms with E-state index >= 15 is 0 Å². The van der Waals surface area contributed by atoms with Crippen LogP contribution in [0.4, 0.5) is 0 Å². The predicted octanol–water partition coefficient (Wildman–Crippen LogP) is 3.86. The summed E-state index contributed by atoms with van der Waals surface area (Å²) in [6, 6.07) is 10.4. The Bertz CT molecular complexity index is 385. The predicted molar refractivity (Wildman–Crippen MR) is 85.0 cm³/mol. The number of aliphatic hydroxyl groups is 2. The van der Waals surface area contributed by atoms with Crippen molar-refractivity contribution in [2.75, 3.05) is 6.61 Å². The van der Waals surface area contributed by atoms with E-state index in [1.54, 1.807) is 0 Å². The van der Waals surface area contributed by atoms with Gasteiger partial charge in [-0.25, -0.2) is 0 Å². The van der Waals surface area contributed by atoms with Gasteiger partial charge >= 0.3 is 0 Å². The number of hydrogen-bond donors (Lipinski definition) is 2. The minimum absolute atomic E-state index is 0.0538. The molecule has 2 nitrogen and oxygen atoms in total. The third kappa shape index (κ3) is 3.78. The van der Waals surface area contributed by atoms with Crippen LogP contribution in [0.5, 0.6) is 0 Å². The van der Waals surface area contributed by atoms with Crippen molar-refractivity contribution in [3.8, 4) is 0 Å². The molecule has 0 heterocycles. The summed E-state index contributed by atoms with van der Waals surface area (Å²) in [4.78, 5) is 1.22. The van der Waals surface area contributed by atoms with Gasteiger partial charge in [0.15, 0.2) is 0 Å². The lowest BCUT2D eigenvalue weighted by Crippen LogP contribution is -2.44. The second-order valence-electron chi connectivity index (χ2n) is 6.00. The average molecular weight is 294 g/mol. The molecule has 1 aromatic rings. The topological polar surface area (TPSA) is 40.5 Å². The molecule has 1 saturated carbocycles. The van der Waals surface area contributed by atoms with Gasteiger partial charge in [0.2, 0.25) is 0 Å². The molecule has 112 valence electrons. The summed E-state index contributed by atoms with van der Waals surface area (Å²) >= 11 is 1.82. The van der Waals surface area contributed by atoms with E-state index in [0.717, 1.165) is 12.8 Å². The SMILES string of the molecule is C[C@H](CO)[C@@H](O)C1(Sc2ccccc2)CCCCCC1. The second-order valence-corrected chi connectivity index (χ2v) is 7.49. The van der Waals surface area contributed by atoms with Crippen LogP contribution in [-0.2, 0) is 0 Å². The van der Waals surface area contributed by atoms with Crippen LogP contribution >= 0.6 is 11.8 Å². The van der Waals surface area contributed by atoms with Gasteiger partial charge in [-0.15, -0.1) is 11.8 Å². The molecule has 2 rings (SSSR count). The first-order valence-electron chi connectivity index (χ1n) is 7.71. The lowest BCUT2D eigenvalue weighted by molar-refractivity contribution is 0.0402. The smallest absolute Gasteiger partial charge is 0.0737 e. The van der Waals surface area contributed by atoms with Crippen LogP contribution in [0.2, 0.25) is 0 Å². The van der Waals surface area contributed by atoms with E-state index in [1.165, 1.54) is 30.6 Å². The molecule has 2 N–H and O–H groups in total. The summed E-state index contributed by atoms with van der Waals surface area (Å²) in [5.74, 6) is -0.0655. The third-order valence-electron chi connectivity index (χ3n) is 4.38. The van der Waals surface area contributed by atoms with Crippen molar-refractivity contribution < 1.29 is 10.2 Å². The molecule has 0 radical (unpaired) electrons. The number of rotatable bonds is 5. The molecule has 1 aromatic carbocycles. The molecule has 20 heavy (non-hydrogen) atoms. The van der Waals surface area contributed by atoms with E-state index in [2.05, 4.69) is 24.3 Å². The van der Waals surface area contributed by atoms with E-state index in [1.807, 2.05) is 24.8 Å². The Morgan fingerprint density at radius 1 is 1.10 bits per heavy atom. The largest absolute Gasteiger partial charge is 0.396 e. The molecule has 2 atom stereocenters. The third-order valence-corrected chi connectivity index (χ3v) is 5.94. The number of thioether (sulfide) groups is 1. The van der Waals surface area contributed by atoms with Gasteiger partial charge in [-0.2, -0.15) is 0 Å². The Labute approximate surface area is 126 Å².